The smallest absolute Gasteiger partial charge is 0.268 e. The van der Waals surface area contributed by atoms with E-state index in [4.69, 9.17) is 0 Å². The molecule has 2 amide bonds. The Hall–Kier alpha value is -2.41. The fourth-order valence-corrected chi connectivity index (χ4v) is 7.62. The Morgan fingerprint density at radius 2 is 1.85 bits per heavy atom. The number of β-amino-alcohol motifs (C(OH)–C–C–N with tert-alkyl or cyclic N) is 1. The van der Waals surface area contributed by atoms with Crippen LogP contribution in [0.4, 0.5) is 0 Å². The van der Waals surface area contributed by atoms with E-state index >= 15 is 0 Å². The quantitative estimate of drug-likeness (QED) is 0.733. The highest BCUT2D eigenvalue weighted by Crippen LogP contribution is 2.59. The zero-order valence-corrected chi connectivity index (χ0v) is 19.4. The van der Waals surface area contributed by atoms with E-state index in [1.807, 2.05) is 18.2 Å². The number of hydrogen-bond acceptors (Lipinski definition) is 4. The number of aromatic nitrogens is 2. The maximum atomic E-state index is 13.2. The lowest BCUT2D eigenvalue weighted by Gasteiger charge is -2.56. The summed E-state index contributed by atoms with van der Waals surface area (Å²) in [7, 11) is 0. The van der Waals surface area contributed by atoms with Gasteiger partial charge in [-0.15, -0.1) is 0 Å². The first-order valence-corrected chi connectivity index (χ1v) is 12.5. The predicted octanol–water partition coefficient (Wildman–Crippen LogP) is 2.81. The van der Waals surface area contributed by atoms with E-state index in [2.05, 4.69) is 10.3 Å². The summed E-state index contributed by atoms with van der Waals surface area (Å²) in [6.45, 7) is 3.45. The average Bonchev–Trinajstić information content (AvgIpc) is 3.33. The van der Waals surface area contributed by atoms with Crippen molar-refractivity contribution in [3.63, 3.8) is 0 Å². The van der Waals surface area contributed by atoms with Gasteiger partial charge in [0.2, 0.25) is 5.91 Å². The summed E-state index contributed by atoms with van der Waals surface area (Å²) >= 11 is 0. The number of aliphatic hydroxyl groups is 1. The number of imidazole rings is 1. The molecule has 2 N–H and O–H groups in total. The third kappa shape index (κ3) is 3.94. The Morgan fingerprint density at radius 3 is 2.48 bits per heavy atom. The molecule has 2 aromatic rings. The van der Waals surface area contributed by atoms with Crippen LogP contribution >= 0.6 is 0 Å². The molecule has 4 bridgehead atoms. The molecule has 7 heteroatoms. The molecule has 5 aliphatic rings. The molecule has 1 unspecified atom stereocenters. The molecule has 0 aromatic carbocycles. The molecule has 7 nitrogen and oxygen atoms in total. The van der Waals surface area contributed by atoms with Crippen molar-refractivity contribution in [2.24, 2.45) is 23.2 Å². The molecule has 0 radical (unpaired) electrons. The van der Waals surface area contributed by atoms with Gasteiger partial charge in [0.25, 0.3) is 5.91 Å². The second-order valence-electron chi connectivity index (χ2n) is 11.7. The second kappa shape index (κ2) is 7.55. The second-order valence-corrected chi connectivity index (χ2v) is 11.7. The summed E-state index contributed by atoms with van der Waals surface area (Å²) in [5.74, 6) is 2.49. The molecule has 2 aromatic heterocycles. The Balaban J connectivity index is 1.15. The van der Waals surface area contributed by atoms with Gasteiger partial charge in [-0.2, -0.15) is 0 Å². The fraction of sp³-hybridized carbons (Fsp3) is 0.654. The molecule has 176 valence electrons. The minimum absolute atomic E-state index is 0.0380. The van der Waals surface area contributed by atoms with Crippen LogP contribution in [0.25, 0.3) is 5.65 Å². The monoisotopic (exact) mass is 450 g/mol. The van der Waals surface area contributed by atoms with Crippen LogP contribution in [0.3, 0.4) is 0 Å². The molecule has 7 rings (SSSR count). The standard InChI is InChI=1S/C26H34N4O3/c1-25(33)5-6-29(16-25)23(31)10-20-14-30-21(3-2-4-22(30)28-20)24(32)27-15-26-11-17-7-18(12-26)9-19(8-17)13-26/h2-4,14,17-19,33H,5-13,15-16H2,1H3,(H,27,32). The van der Waals surface area contributed by atoms with E-state index < -0.39 is 5.60 Å². The van der Waals surface area contributed by atoms with Crippen LogP contribution in [0, 0.1) is 23.2 Å². The number of carbonyl (C=O) groups excluding carboxylic acids is 2. The topological polar surface area (TPSA) is 86.9 Å². The summed E-state index contributed by atoms with van der Waals surface area (Å²) < 4.78 is 1.80. The first kappa shape index (κ1) is 21.1. The number of carbonyl (C=O) groups is 2. The number of likely N-dealkylation sites (tertiary alicyclic amines) is 1. The highest BCUT2D eigenvalue weighted by molar-refractivity contribution is 5.93. The highest BCUT2D eigenvalue weighted by Gasteiger charge is 2.50. The summed E-state index contributed by atoms with van der Waals surface area (Å²) in [5, 5.41) is 13.4. The molecule has 4 aliphatic carbocycles. The molecule has 3 heterocycles. The van der Waals surface area contributed by atoms with Gasteiger partial charge in [-0.3, -0.25) is 14.0 Å². The minimum atomic E-state index is -0.809. The maximum absolute atomic E-state index is 13.2. The highest BCUT2D eigenvalue weighted by atomic mass is 16.3. The molecular weight excluding hydrogens is 416 g/mol. The third-order valence-corrected chi connectivity index (χ3v) is 8.70. The van der Waals surface area contributed by atoms with E-state index in [1.54, 1.807) is 22.4 Å². The van der Waals surface area contributed by atoms with Crippen LogP contribution in [0.2, 0.25) is 0 Å². The van der Waals surface area contributed by atoms with Gasteiger partial charge in [-0.05, 0) is 87.2 Å². The lowest BCUT2D eigenvalue weighted by atomic mass is 9.49. The van der Waals surface area contributed by atoms with Gasteiger partial charge < -0.3 is 15.3 Å². The molecular formula is C26H34N4O3. The number of pyridine rings is 1. The number of rotatable bonds is 5. The molecule has 1 saturated heterocycles. The summed E-state index contributed by atoms with van der Waals surface area (Å²) in [6.07, 6.45) is 10.6. The van der Waals surface area contributed by atoms with Gasteiger partial charge in [0.05, 0.1) is 17.7 Å². The van der Waals surface area contributed by atoms with Crippen LogP contribution in [0.1, 0.15) is 68.1 Å². The molecule has 4 saturated carbocycles. The lowest BCUT2D eigenvalue weighted by Crippen LogP contribution is -2.51. The van der Waals surface area contributed by atoms with Crippen molar-refractivity contribution in [3.05, 3.63) is 35.8 Å². The SMILES string of the molecule is CC1(O)CCN(C(=O)Cc2cn3c(C(=O)NCC45CC6CC(CC(C6)C4)C5)cccc3n2)C1. The van der Waals surface area contributed by atoms with Gasteiger partial charge >= 0.3 is 0 Å². The van der Waals surface area contributed by atoms with E-state index in [9.17, 15) is 14.7 Å². The first-order chi connectivity index (χ1) is 15.8. The lowest BCUT2D eigenvalue weighted by molar-refractivity contribution is -0.130. The van der Waals surface area contributed by atoms with Gasteiger partial charge in [-0.25, -0.2) is 4.98 Å². The Labute approximate surface area is 194 Å². The predicted molar refractivity (Wildman–Crippen MR) is 124 cm³/mol. The minimum Gasteiger partial charge on any atom is -0.388 e. The largest absolute Gasteiger partial charge is 0.388 e. The van der Waals surface area contributed by atoms with Crippen LogP contribution in [0.15, 0.2) is 24.4 Å². The molecule has 1 aliphatic heterocycles. The summed E-state index contributed by atoms with van der Waals surface area (Å²) in [5.41, 5.74) is 1.37. The number of hydrogen-bond donors (Lipinski definition) is 2. The third-order valence-electron chi connectivity index (χ3n) is 8.70. The van der Waals surface area contributed by atoms with Crippen LogP contribution in [0.5, 0.6) is 0 Å². The van der Waals surface area contributed by atoms with Crippen LogP contribution in [-0.4, -0.2) is 56.4 Å². The Bertz CT molecular complexity index is 1070. The van der Waals surface area contributed by atoms with Gasteiger partial charge in [0.1, 0.15) is 11.3 Å². The van der Waals surface area contributed by atoms with Gasteiger partial charge in [0, 0.05) is 25.8 Å². The number of nitrogens with one attached hydrogen (secondary N) is 1. The number of amides is 2. The maximum Gasteiger partial charge on any atom is 0.268 e. The average molecular weight is 451 g/mol. The molecule has 33 heavy (non-hydrogen) atoms. The molecule has 0 spiro atoms. The number of nitrogens with zero attached hydrogens (tertiary/aromatic N) is 3. The Kier molecular flexibility index (Phi) is 4.84. The van der Waals surface area contributed by atoms with Crippen molar-refractivity contribution in [3.8, 4) is 0 Å². The van der Waals surface area contributed by atoms with Gasteiger partial charge in [-0.1, -0.05) is 6.07 Å². The number of fused-ring (bicyclic) bond motifs is 1. The zero-order valence-electron chi connectivity index (χ0n) is 19.4. The zero-order chi connectivity index (χ0) is 22.8. The van der Waals surface area contributed by atoms with Crippen molar-refractivity contribution in [1.82, 2.24) is 19.6 Å². The summed E-state index contributed by atoms with van der Waals surface area (Å²) in [4.78, 5) is 32.2. The van der Waals surface area contributed by atoms with E-state index in [0.717, 1.165) is 24.3 Å². The van der Waals surface area contributed by atoms with Crippen molar-refractivity contribution in [2.45, 2.75) is 63.9 Å². The van der Waals surface area contributed by atoms with Crippen molar-refractivity contribution in [2.75, 3.05) is 19.6 Å². The van der Waals surface area contributed by atoms with Crippen LogP contribution < -0.4 is 5.32 Å². The normalized spacial score (nSPS) is 34.8. The van der Waals surface area contributed by atoms with Crippen molar-refractivity contribution < 1.29 is 14.7 Å². The van der Waals surface area contributed by atoms with Gasteiger partial charge in [0.15, 0.2) is 0 Å². The van der Waals surface area contributed by atoms with E-state index in [0.29, 0.717) is 42.0 Å². The summed E-state index contributed by atoms with van der Waals surface area (Å²) in [6, 6.07) is 5.54. The fourth-order valence-electron chi connectivity index (χ4n) is 7.62. The van der Waals surface area contributed by atoms with Crippen molar-refractivity contribution in [1.29, 1.82) is 0 Å². The van der Waals surface area contributed by atoms with Crippen molar-refractivity contribution >= 4 is 17.5 Å². The van der Waals surface area contributed by atoms with Crippen LogP contribution in [-0.2, 0) is 11.2 Å². The van der Waals surface area contributed by atoms with E-state index in [1.165, 1.54) is 38.5 Å². The molecule has 1 atom stereocenters. The van der Waals surface area contributed by atoms with E-state index in [-0.39, 0.29) is 18.2 Å². The first-order valence-electron chi connectivity index (χ1n) is 12.5. The molecule has 5 fully saturated rings. The Morgan fingerprint density at radius 1 is 1.15 bits per heavy atom.